The molecule has 0 aromatic carbocycles. The lowest BCUT2D eigenvalue weighted by Gasteiger charge is -2.24. The average molecular weight is 343 g/mol. The van der Waals surface area contributed by atoms with Gasteiger partial charge in [0, 0.05) is 16.3 Å². The zero-order chi connectivity index (χ0) is 13.8. The second-order valence-corrected chi connectivity index (χ2v) is 6.97. The number of carbonyl (C=O) groups is 1. The predicted octanol–water partition coefficient (Wildman–Crippen LogP) is 3.44. The van der Waals surface area contributed by atoms with Crippen molar-refractivity contribution in [2.75, 3.05) is 13.1 Å². The summed E-state index contributed by atoms with van der Waals surface area (Å²) in [4.78, 5) is 14.9. The average Bonchev–Trinajstić information content (AvgIpc) is 3.19. The minimum absolute atomic E-state index is 0. The van der Waals surface area contributed by atoms with Crippen molar-refractivity contribution < 1.29 is 4.79 Å². The third-order valence-corrected chi connectivity index (χ3v) is 5.48. The Kier molecular flexibility index (Phi) is 6.23. The molecule has 1 unspecified atom stereocenters. The van der Waals surface area contributed by atoms with Gasteiger partial charge in [-0.05, 0) is 42.3 Å². The van der Waals surface area contributed by atoms with Crippen molar-refractivity contribution in [1.82, 2.24) is 10.6 Å². The number of piperidine rings is 1. The SMILES string of the molecule is Cl.O=C(NC(c1cccs1)c1cccs1)C1CCCNC1. The Morgan fingerprint density at radius 1 is 1.24 bits per heavy atom. The van der Waals surface area contributed by atoms with Crippen LogP contribution >= 0.6 is 35.1 Å². The summed E-state index contributed by atoms with van der Waals surface area (Å²) in [7, 11) is 0. The van der Waals surface area contributed by atoms with E-state index in [1.54, 1.807) is 22.7 Å². The normalized spacial score (nSPS) is 18.2. The molecule has 2 aromatic heterocycles. The molecule has 114 valence electrons. The van der Waals surface area contributed by atoms with Crippen molar-refractivity contribution in [3.8, 4) is 0 Å². The van der Waals surface area contributed by atoms with E-state index in [-0.39, 0.29) is 30.3 Å². The number of halogens is 1. The molecule has 1 aliphatic heterocycles. The van der Waals surface area contributed by atoms with E-state index >= 15 is 0 Å². The van der Waals surface area contributed by atoms with E-state index < -0.39 is 0 Å². The van der Waals surface area contributed by atoms with Gasteiger partial charge >= 0.3 is 0 Å². The van der Waals surface area contributed by atoms with Crippen molar-refractivity contribution in [1.29, 1.82) is 0 Å². The van der Waals surface area contributed by atoms with Gasteiger partial charge in [-0.3, -0.25) is 4.79 Å². The van der Waals surface area contributed by atoms with Gasteiger partial charge in [0.1, 0.15) is 0 Å². The standard InChI is InChI=1S/C15H18N2OS2.ClH/c18-15(11-4-1-7-16-10-11)17-14(12-5-2-8-19-12)13-6-3-9-20-13;/h2-3,5-6,8-9,11,14,16H,1,4,7,10H2,(H,17,18);1H. The van der Waals surface area contributed by atoms with Crippen molar-refractivity contribution in [3.05, 3.63) is 44.8 Å². The first-order valence-corrected chi connectivity index (χ1v) is 8.68. The minimum atomic E-state index is 0. The topological polar surface area (TPSA) is 41.1 Å². The van der Waals surface area contributed by atoms with E-state index in [0.717, 1.165) is 25.9 Å². The number of rotatable bonds is 4. The van der Waals surface area contributed by atoms with Crippen LogP contribution in [0, 0.1) is 5.92 Å². The molecule has 2 aromatic rings. The number of hydrogen-bond donors (Lipinski definition) is 2. The van der Waals surface area contributed by atoms with Crippen molar-refractivity contribution in [2.45, 2.75) is 18.9 Å². The van der Waals surface area contributed by atoms with Gasteiger partial charge in [-0.2, -0.15) is 0 Å². The van der Waals surface area contributed by atoms with Gasteiger partial charge in [-0.1, -0.05) is 12.1 Å². The summed E-state index contributed by atoms with van der Waals surface area (Å²) >= 11 is 3.39. The molecule has 3 rings (SSSR count). The molecule has 2 N–H and O–H groups in total. The molecular weight excluding hydrogens is 324 g/mol. The number of carbonyl (C=O) groups excluding carboxylic acids is 1. The molecule has 1 amide bonds. The Labute approximate surface area is 139 Å². The van der Waals surface area contributed by atoms with E-state index in [0.29, 0.717) is 0 Å². The molecule has 0 spiro atoms. The molecule has 21 heavy (non-hydrogen) atoms. The molecule has 0 saturated carbocycles. The smallest absolute Gasteiger partial charge is 0.225 e. The van der Waals surface area contributed by atoms with Gasteiger partial charge in [0.25, 0.3) is 0 Å². The molecule has 1 atom stereocenters. The van der Waals surface area contributed by atoms with E-state index in [4.69, 9.17) is 0 Å². The number of thiophene rings is 2. The summed E-state index contributed by atoms with van der Waals surface area (Å²) in [5, 5.41) is 10.7. The van der Waals surface area contributed by atoms with E-state index in [9.17, 15) is 4.79 Å². The van der Waals surface area contributed by atoms with Gasteiger partial charge in [-0.25, -0.2) is 0 Å². The maximum Gasteiger partial charge on any atom is 0.225 e. The van der Waals surface area contributed by atoms with E-state index in [2.05, 4.69) is 33.5 Å². The van der Waals surface area contributed by atoms with Crippen LogP contribution in [0.4, 0.5) is 0 Å². The first-order valence-electron chi connectivity index (χ1n) is 6.92. The highest BCUT2D eigenvalue weighted by Gasteiger charge is 2.25. The fraction of sp³-hybridized carbons (Fsp3) is 0.400. The fourth-order valence-electron chi connectivity index (χ4n) is 2.53. The van der Waals surface area contributed by atoms with E-state index in [1.165, 1.54) is 9.75 Å². The Bertz CT molecular complexity index is 502. The predicted molar refractivity (Wildman–Crippen MR) is 91.5 cm³/mol. The zero-order valence-corrected chi connectivity index (χ0v) is 14.0. The maximum atomic E-state index is 12.5. The molecule has 0 bridgehead atoms. The van der Waals surface area contributed by atoms with Crippen LogP contribution in [-0.4, -0.2) is 19.0 Å². The van der Waals surface area contributed by atoms with Gasteiger partial charge in [0.05, 0.1) is 12.0 Å². The first kappa shape index (κ1) is 16.5. The maximum absolute atomic E-state index is 12.5. The highest BCUT2D eigenvalue weighted by Crippen LogP contribution is 2.29. The lowest BCUT2D eigenvalue weighted by molar-refractivity contribution is -0.125. The van der Waals surface area contributed by atoms with Crippen LogP contribution in [0.1, 0.15) is 28.6 Å². The minimum Gasteiger partial charge on any atom is -0.343 e. The fourth-order valence-corrected chi connectivity index (χ4v) is 4.19. The van der Waals surface area contributed by atoms with Crippen LogP contribution in [0.25, 0.3) is 0 Å². The molecule has 1 fully saturated rings. The summed E-state index contributed by atoms with van der Waals surface area (Å²) in [6.45, 7) is 1.83. The zero-order valence-electron chi connectivity index (χ0n) is 11.6. The second kappa shape index (κ2) is 7.94. The molecule has 0 aliphatic carbocycles. The van der Waals surface area contributed by atoms with Crippen molar-refractivity contribution in [3.63, 3.8) is 0 Å². The van der Waals surface area contributed by atoms with Gasteiger partial charge in [-0.15, -0.1) is 35.1 Å². The quantitative estimate of drug-likeness (QED) is 0.893. The number of amides is 1. The van der Waals surface area contributed by atoms with Crippen molar-refractivity contribution >= 4 is 41.0 Å². The lowest BCUT2D eigenvalue weighted by atomic mass is 9.98. The third-order valence-electron chi connectivity index (χ3n) is 3.61. The number of hydrogen-bond acceptors (Lipinski definition) is 4. The molecule has 1 aliphatic rings. The largest absolute Gasteiger partial charge is 0.343 e. The van der Waals surface area contributed by atoms with Gasteiger partial charge in [0.15, 0.2) is 0 Å². The van der Waals surface area contributed by atoms with Crippen LogP contribution in [0.3, 0.4) is 0 Å². The highest BCUT2D eigenvalue weighted by molar-refractivity contribution is 7.11. The van der Waals surface area contributed by atoms with Gasteiger partial charge in [0.2, 0.25) is 5.91 Å². The summed E-state index contributed by atoms with van der Waals surface area (Å²) in [5.74, 6) is 0.273. The van der Waals surface area contributed by atoms with Crippen LogP contribution in [0.5, 0.6) is 0 Å². The third kappa shape index (κ3) is 4.07. The lowest BCUT2D eigenvalue weighted by Crippen LogP contribution is -2.41. The van der Waals surface area contributed by atoms with Gasteiger partial charge < -0.3 is 10.6 Å². The van der Waals surface area contributed by atoms with Crippen LogP contribution in [0.15, 0.2) is 35.0 Å². The summed E-state index contributed by atoms with van der Waals surface area (Å²) in [6.07, 6.45) is 2.07. The van der Waals surface area contributed by atoms with Crippen LogP contribution in [-0.2, 0) is 4.79 Å². The molecule has 3 nitrogen and oxygen atoms in total. The molecule has 6 heteroatoms. The van der Waals surface area contributed by atoms with Crippen LogP contribution in [0.2, 0.25) is 0 Å². The molecule has 3 heterocycles. The highest BCUT2D eigenvalue weighted by atomic mass is 35.5. The molecular formula is C15H19ClN2OS2. The Morgan fingerprint density at radius 3 is 2.38 bits per heavy atom. The summed E-state index contributed by atoms with van der Waals surface area (Å²) < 4.78 is 0. The van der Waals surface area contributed by atoms with Crippen molar-refractivity contribution in [2.24, 2.45) is 5.92 Å². The summed E-state index contributed by atoms with van der Waals surface area (Å²) in [6, 6.07) is 8.26. The molecule has 0 radical (unpaired) electrons. The number of nitrogens with one attached hydrogen (secondary N) is 2. The molecule has 1 saturated heterocycles. The Hall–Kier alpha value is -0.880. The monoisotopic (exact) mass is 342 g/mol. The van der Waals surface area contributed by atoms with E-state index in [1.807, 2.05) is 12.1 Å². The van der Waals surface area contributed by atoms with Crippen LogP contribution < -0.4 is 10.6 Å². The Morgan fingerprint density at radius 2 is 1.90 bits per heavy atom. The second-order valence-electron chi connectivity index (χ2n) is 5.02. The Balaban J connectivity index is 0.00000161. The first-order chi connectivity index (χ1) is 9.84. The summed E-state index contributed by atoms with van der Waals surface area (Å²) in [5.41, 5.74) is 0.